The summed E-state index contributed by atoms with van der Waals surface area (Å²) in [6.07, 6.45) is -0.135. The molecule has 0 spiro atoms. The minimum Gasteiger partial charge on any atom is -0.508 e. The number of hydrogen-bond acceptors (Lipinski definition) is 8. The Labute approximate surface area is 146 Å². The maximum atomic E-state index is 12.3. The summed E-state index contributed by atoms with van der Waals surface area (Å²) in [4.78, 5) is 12.3. The quantitative estimate of drug-likeness (QED) is 0.560. The van der Waals surface area contributed by atoms with E-state index in [2.05, 4.69) is 0 Å². The molecule has 8 nitrogen and oxygen atoms in total. The second kappa shape index (κ2) is 5.85. The van der Waals surface area contributed by atoms with Crippen LogP contribution in [0.15, 0.2) is 39.5 Å². The van der Waals surface area contributed by atoms with Crippen molar-refractivity contribution in [2.24, 2.45) is 0 Å². The van der Waals surface area contributed by atoms with Crippen molar-refractivity contribution in [2.75, 3.05) is 13.2 Å². The molecule has 3 aromatic rings. The molecule has 0 unspecified atom stereocenters. The Hall–Kier alpha value is -3.39. The predicted octanol–water partition coefficient (Wildman–Crippen LogP) is 2.06. The molecule has 0 atom stereocenters. The molecule has 0 radical (unpaired) electrons. The molecule has 26 heavy (non-hydrogen) atoms. The van der Waals surface area contributed by atoms with Gasteiger partial charge in [0, 0.05) is 17.7 Å². The molecule has 2 heterocycles. The average Bonchev–Trinajstić information content (AvgIpc) is 2.54. The standard InChI is InChI=1S/C18H14O8/c19-9-4-12(21)15-14(5-9)26-18(17(23)16(15)22)8-1-2-13(11(20)3-8)25-10-6-24-7-10/h1-5,10,19-21,23H,6-7H2. The van der Waals surface area contributed by atoms with Crippen LogP contribution < -0.4 is 10.2 Å². The van der Waals surface area contributed by atoms with Crippen molar-refractivity contribution in [3.8, 4) is 40.1 Å². The first-order valence-electron chi connectivity index (χ1n) is 7.73. The molecular formula is C18H14O8. The number of phenols is 3. The number of phenolic OH excluding ortho intramolecular Hbond substituents is 3. The van der Waals surface area contributed by atoms with E-state index in [1.807, 2.05) is 0 Å². The van der Waals surface area contributed by atoms with Crippen LogP contribution in [-0.2, 0) is 4.74 Å². The van der Waals surface area contributed by atoms with Crippen LogP contribution in [0.3, 0.4) is 0 Å². The van der Waals surface area contributed by atoms with Crippen molar-refractivity contribution in [3.63, 3.8) is 0 Å². The van der Waals surface area contributed by atoms with Crippen molar-refractivity contribution in [1.82, 2.24) is 0 Å². The lowest BCUT2D eigenvalue weighted by atomic mass is 10.1. The Balaban J connectivity index is 1.82. The molecule has 0 bridgehead atoms. The van der Waals surface area contributed by atoms with E-state index < -0.39 is 16.9 Å². The maximum Gasteiger partial charge on any atom is 0.238 e. The van der Waals surface area contributed by atoms with Gasteiger partial charge in [-0.2, -0.15) is 0 Å². The number of ether oxygens (including phenoxy) is 2. The smallest absolute Gasteiger partial charge is 0.238 e. The third-order valence-electron chi connectivity index (χ3n) is 4.06. The molecule has 1 saturated heterocycles. The summed E-state index contributed by atoms with van der Waals surface area (Å²) in [5, 5.41) is 39.5. The van der Waals surface area contributed by atoms with Gasteiger partial charge >= 0.3 is 0 Å². The van der Waals surface area contributed by atoms with E-state index in [-0.39, 0.29) is 45.6 Å². The van der Waals surface area contributed by atoms with Crippen LogP contribution in [0.5, 0.6) is 28.7 Å². The van der Waals surface area contributed by atoms with Gasteiger partial charge in [-0.15, -0.1) is 0 Å². The molecule has 1 fully saturated rings. The number of fused-ring (bicyclic) bond motifs is 1. The fourth-order valence-electron chi connectivity index (χ4n) is 2.69. The first kappa shape index (κ1) is 16.1. The lowest BCUT2D eigenvalue weighted by Crippen LogP contribution is -2.38. The summed E-state index contributed by atoms with van der Waals surface area (Å²) in [5.74, 6) is -1.70. The molecule has 1 aromatic heterocycles. The minimum atomic E-state index is -0.856. The zero-order valence-corrected chi connectivity index (χ0v) is 13.3. The lowest BCUT2D eigenvalue weighted by molar-refractivity contribution is -0.0803. The van der Waals surface area contributed by atoms with E-state index in [0.29, 0.717) is 13.2 Å². The summed E-state index contributed by atoms with van der Waals surface area (Å²) in [6, 6.07) is 6.38. The van der Waals surface area contributed by atoms with Crippen LogP contribution in [0.1, 0.15) is 0 Å². The van der Waals surface area contributed by atoms with Gasteiger partial charge in [-0.3, -0.25) is 4.79 Å². The van der Waals surface area contributed by atoms with Crippen LogP contribution in [0.25, 0.3) is 22.3 Å². The Bertz CT molecular complexity index is 1060. The molecule has 1 aliphatic heterocycles. The summed E-state index contributed by atoms with van der Waals surface area (Å²) in [7, 11) is 0. The molecule has 0 aliphatic carbocycles. The highest BCUT2D eigenvalue weighted by Crippen LogP contribution is 2.38. The van der Waals surface area contributed by atoms with Gasteiger partial charge in [0.25, 0.3) is 0 Å². The highest BCUT2D eigenvalue weighted by molar-refractivity contribution is 5.88. The average molecular weight is 358 g/mol. The zero-order valence-electron chi connectivity index (χ0n) is 13.3. The highest BCUT2D eigenvalue weighted by atomic mass is 16.6. The number of hydrogen-bond donors (Lipinski definition) is 4. The van der Waals surface area contributed by atoms with Gasteiger partial charge in [-0.1, -0.05) is 0 Å². The predicted molar refractivity (Wildman–Crippen MR) is 89.8 cm³/mol. The third-order valence-corrected chi connectivity index (χ3v) is 4.06. The van der Waals surface area contributed by atoms with Crippen molar-refractivity contribution in [3.05, 3.63) is 40.6 Å². The first-order valence-corrected chi connectivity index (χ1v) is 7.73. The molecule has 8 heteroatoms. The van der Waals surface area contributed by atoms with Crippen LogP contribution >= 0.6 is 0 Å². The molecule has 2 aromatic carbocycles. The normalized spacial score (nSPS) is 14.3. The van der Waals surface area contributed by atoms with Gasteiger partial charge in [0.15, 0.2) is 17.3 Å². The second-order valence-electron chi connectivity index (χ2n) is 5.91. The second-order valence-corrected chi connectivity index (χ2v) is 5.91. The molecular weight excluding hydrogens is 344 g/mol. The highest BCUT2D eigenvalue weighted by Gasteiger charge is 2.23. The van der Waals surface area contributed by atoms with Gasteiger partial charge in [-0.05, 0) is 18.2 Å². The van der Waals surface area contributed by atoms with E-state index in [9.17, 15) is 25.2 Å². The number of benzene rings is 2. The number of rotatable bonds is 3. The largest absolute Gasteiger partial charge is 0.508 e. The summed E-state index contributed by atoms with van der Waals surface area (Å²) in [6.45, 7) is 0.878. The number of aromatic hydroxyl groups is 4. The monoisotopic (exact) mass is 358 g/mol. The molecule has 0 saturated carbocycles. The van der Waals surface area contributed by atoms with Crippen LogP contribution in [0.2, 0.25) is 0 Å². The summed E-state index contributed by atoms with van der Waals surface area (Å²) >= 11 is 0. The van der Waals surface area contributed by atoms with E-state index in [1.165, 1.54) is 18.2 Å². The van der Waals surface area contributed by atoms with Crippen LogP contribution in [0, 0.1) is 0 Å². The van der Waals surface area contributed by atoms with Gasteiger partial charge in [0.1, 0.15) is 28.6 Å². The van der Waals surface area contributed by atoms with E-state index >= 15 is 0 Å². The van der Waals surface area contributed by atoms with E-state index in [1.54, 1.807) is 0 Å². The van der Waals surface area contributed by atoms with Crippen molar-refractivity contribution >= 4 is 11.0 Å². The molecule has 4 rings (SSSR count). The van der Waals surface area contributed by atoms with Gasteiger partial charge in [-0.25, -0.2) is 0 Å². The molecule has 1 aliphatic rings. The van der Waals surface area contributed by atoms with Crippen LogP contribution in [0.4, 0.5) is 0 Å². The van der Waals surface area contributed by atoms with Crippen molar-refractivity contribution < 1.29 is 34.3 Å². The molecule has 4 N–H and O–H groups in total. The maximum absolute atomic E-state index is 12.3. The van der Waals surface area contributed by atoms with Crippen molar-refractivity contribution in [2.45, 2.75) is 6.10 Å². The Kier molecular flexibility index (Phi) is 3.62. The van der Waals surface area contributed by atoms with E-state index in [4.69, 9.17) is 13.9 Å². The fourth-order valence-corrected chi connectivity index (χ4v) is 2.69. The minimum absolute atomic E-state index is 0.105. The Morgan fingerprint density at radius 3 is 2.42 bits per heavy atom. The lowest BCUT2D eigenvalue weighted by Gasteiger charge is -2.27. The summed E-state index contributed by atoms with van der Waals surface area (Å²) in [5.41, 5.74) is -0.740. The van der Waals surface area contributed by atoms with Gasteiger partial charge < -0.3 is 34.3 Å². The van der Waals surface area contributed by atoms with Gasteiger partial charge in [0.2, 0.25) is 11.2 Å². The van der Waals surface area contributed by atoms with E-state index in [0.717, 1.165) is 12.1 Å². The van der Waals surface area contributed by atoms with Crippen LogP contribution in [-0.4, -0.2) is 39.7 Å². The SMILES string of the molecule is O=c1c(O)c(-c2ccc(OC3COC3)c(O)c2)oc2cc(O)cc(O)c12. The Morgan fingerprint density at radius 1 is 1.00 bits per heavy atom. The molecule has 134 valence electrons. The van der Waals surface area contributed by atoms with Gasteiger partial charge in [0.05, 0.1) is 13.2 Å². The van der Waals surface area contributed by atoms with Crippen molar-refractivity contribution in [1.29, 1.82) is 0 Å². The molecule has 0 amide bonds. The zero-order chi connectivity index (χ0) is 18.4. The Morgan fingerprint density at radius 2 is 1.77 bits per heavy atom. The summed E-state index contributed by atoms with van der Waals surface area (Å²) < 4.78 is 16.0. The fraction of sp³-hybridized carbons (Fsp3) is 0.167. The third kappa shape index (κ3) is 2.56. The topological polar surface area (TPSA) is 130 Å². The first-order chi connectivity index (χ1) is 12.4.